The number of imidazole rings is 2. The molecule has 0 aromatic carbocycles. The lowest BCUT2D eigenvalue weighted by Gasteiger charge is -2.32. The molecule has 4 rings (SSSR count). The number of aromatic nitrogens is 4. The molecule has 1 aliphatic carbocycles. The minimum Gasteiger partial charge on any atom is -0.339 e. The summed E-state index contributed by atoms with van der Waals surface area (Å²) in [7, 11) is -1.84. The first-order chi connectivity index (χ1) is 11.6. The van der Waals surface area contributed by atoms with E-state index in [1.165, 1.54) is 19.2 Å². The maximum absolute atomic E-state index is 13.3. The van der Waals surface area contributed by atoms with E-state index in [1.807, 2.05) is 6.20 Å². The van der Waals surface area contributed by atoms with Crippen LogP contribution >= 0.6 is 0 Å². The highest BCUT2D eigenvalue weighted by atomic mass is 32.2. The van der Waals surface area contributed by atoms with E-state index in [1.54, 1.807) is 28.3 Å². The average Bonchev–Trinajstić information content (AvgIpc) is 3.28. The lowest BCUT2D eigenvalue weighted by atomic mass is 9.97. The second kappa shape index (κ2) is 6.00. The molecular weight excluding hydrogens is 326 g/mol. The number of fused-ring (bicyclic) bond motifs is 1. The van der Waals surface area contributed by atoms with Crippen molar-refractivity contribution in [2.24, 2.45) is 13.0 Å². The fourth-order valence-corrected chi connectivity index (χ4v) is 5.73. The second-order valence-corrected chi connectivity index (χ2v) is 8.65. The van der Waals surface area contributed by atoms with Gasteiger partial charge in [-0.3, -0.25) is 0 Å². The Morgan fingerprint density at radius 3 is 2.62 bits per heavy atom. The van der Waals surface area contributed by atoms with Crippen molar-refractivity contribution in [2.45, 2.75) is 49.7 Å². The topological polar surface area (TPSA) is 73.0 Å². The molecule has 1 saturated carbocycles. The van der Waals surface area contributed by atoms with Crippen LogP contribution in [-0.2, 0) is 23.6 Å². The van der Waals surface area contributed by atoms with Gasteiger partial charge in [0.25, 0.3) is 10.0 Å². The Morgan fingerprint density at radius 1 is 1.12 bits per heavy atom. The first kappa shape index (κ1) is 15.8. The normalized spacial score (nSPS) is 23.3. The summed E-state index contributed by atoms with van der Waals surface area (Å²) in [6.07, 6.45) is 12.1. The van der Waals surface area contributed by atoms with Gasteiger partial charge in [0.2, 0.25) is 0 Å². The summed E-state index contributed by atoms with van der Waals surface area (Å²) < 4.78 is 32.0. The molecule has 7 nitrogen and oxygen atoms in total. The second-order valence-electron chi connectivity index (χ2n) is 6.81. The van der Waals surface area contributed by atoms with E-state index in [0.717, 1.165) is 31.6 Å². The van der Waals surface area contributed by atoms with Gasteiger partial charge in [-0.2, -0.15) is 4.31 Å². The standard InChI is InChI=1S/C16H23N5O2S/c1-19-11-14(18-12-19)24(22,23)21-9-4-8-20-10-7-17-16(20)15(21)13-5-2-3-6-13/h7,10-13,15H,2-6,8-9H2,1H3. The zero-order chi connectivity index (χ0) is 16.7. The van der Waals surface area contributed by atoms with Gasteiger partial charge in [0.1, 0.15) is 5.82 Å². The van der Waals surface area contributed by atoms with Gasteiger partial charge >= 0.3 is 0 Å². The molecule has 1 aliphatic heterocycles. The van der Waals surface area contributed by atoms with Gasteiger partial charge in [-0.15, -0.1) is 0 Å². The Morgan fingerprint density at radius 2 is 1.92 bits per heavy atom. The first-order valence-electron chi connectivity index (χ1n) is 8.58. The molecule has 24 heavy (non-hydrogen) atoms. The summed E-state index contributed by atoms with van der Waals surface area (Å²) in [5, 5.41) is 0.132. The molecule has 1 unspecified atom stereocenters. The summed E-state index contributed by atoms with van der Waals surface area (Å²) in [6.45, 7) is 1.33. The Hall–Kier alpha value is -1.67. The average molecular weight is 349 g/mol. The van der Waals surface area contributed by atoms with E-state index in [-0.39, 0.29) is 11.1 Å². The predicted octanol–water partition coefficient (Wildman–Crippen LogP) is 1.94. The van der Waals surface area contributed by atoms with E-state index in [0.29, 0.717) is 12.5 Å². The molecule has 130 valence electrons. The van der Waals surface area contributed by atoms with Crippen molar-refractivity contribution < 1.29 is 8.42 Å². The summed E-state index contributed by atoms with van der Waals surface area (Å²) in [5.74, 6) is 1.22. The molecule has 2 aromatic heterocycles. The summed E-state index contributed by atoms with van der Waals surface area (Å²) in [5.41, 5.74) is 0. The van der Waals surface area contributed by atoms with E-state index < -0.39 is 10.0 Å². The van der Waals surface area contributed by atoms with Gasteiger partial charge in [0, 0.05) is 38.7 Å². The van der Waals surface area contributed by atoms with Crippen LogP contribution in [0.15, 0.2) is 29.9 Å². The van der Waals surface area contributed by atoms with Crippen LogP contribution in [0.2, 0.25) is 0 Å². The zero-order valence-corrected chi connectivity index (χ0v) is 14.7. The minimum absolute atomic E-state index is 0.132. The van der Waals surface area contributed by atoms with Crippen LogP contribution in [0.1, 0.15) is 44.0 Å². The van der Waals surface area contributed by atoms with Crippen molar-refractivity contribution in [3.8, 4) is 0 Å². The molecule has 1 fully saturated rings. The highest BCUT2D eigenvalue weighted by Crippen LogP contribution is 2.42. The van der Waals surface area contributed by atoms with Crippen molar-refractivity contribution >= 4 is 10.0 Å². The molecule has 0 saturated heterocycles. The number of hydrogen-bond donors (Lipinski definition) is 0. The maximum atomic E-state index is 13.3. The molecule has 0 bridgehead atoms. The van der Waals surface area contributed by atoms with Crippen LogP contribution < -0.4 is 0 Å². The van der Waals surface area contributed by atoms with Crippen LogP contribution in [0.4, 0.5) is 0 Å². The molecule has 2 aromatic rings. The van der Waals surface area contributed by atoms with Gasteiger partial charge in [-0.1, -0.05) is 12.8 Å². The van der Waals surface area contributed by atoms with Crippen molar-refractivity contribution in [2.75, 3.05) is 6.54 Å². The van der Waals surface area contributed by atoms with Gasteiger partial charge < -0.3 is 9.13 Å². The fraction of sp³-hybridized carbons (Fsp3) is 0.625. The van der Waals surface area contributed by atoms with Gasteiger partial charge in [-0.05, 0) is 25.2 Å². The smallest absolute Gasteiger partial charge is 0.262 e. The quantitative estimate of drug-likeness (QED) is 0.849. The fourth-order valence-electron chi connectivity index (χ4n) is 4.07. The lowest BCUT2D eigenvalue weighted by Crippen LogP contribution is -2.38. The summed E-state index contributed by atoms with van der Waals surface area (Å²) in [4.78, 5) is 8.64. The maximum Gasteiger partial charge on any atom is 0.262 e. The first-order valence-corrected chi connectivity index (χ1v) is 10.0. The van der Waals surface area contributed by atoms with E-state index >= 15 is 0 Å². The SMILES string of the molecule is Cn1cnc(S(=O)(=O)N2CCCn3ccnc3C2C2CCCC2)c1. The number of hydrogen-bond acceptors (Lipinski definition) is 4. The predicted molar refractivity (Wildman–Crippen MR) is 88.6 cm³/mol. The van der Waals surface area contributed by atoms with Crippen LogP contribution in [0.25, 0.3) is 0 Å². The van der Waals surface area contributed by atoms with Gasteiger partial charge in [-0.25, -0.2) is 18.4 Å². The summed E-state index contributed by atoms with van der Waals surface area (Å²) >= 11 is 0. The number of sulfonamides is 1. The highest BCUT2D eigenvalue weighted by Gasteiger charge is 2.42. The van der Waals surface area contributed by atoms with Gasteiger partial charge in [0.05, 0.1) is 12.4 Å². The van der Waals surface area contributed by atoms with E-state index in [4.69, 9.17) is 0 Å². The van der Waals surface area contributed by atoms with E-state index in [9.17, 15) is 8.42 Å². The van der Waals surface area contributed by atoms with Crippen molar-refractivity contribution in [3.63, 3.8) is 0 Å². The molecule has 0 N–H and O–H groups in total. The molecule has 0 amide bonds. The minimum atomic E-state index is -3.62. The van der Waals surface area contributed by atoms with Crippen LogP contribution in [0.3, 0.4) is 0 Å². The molecule has 2 aliphatic rings. The molecule has 3 heterocycles. The number of aryl methyl sites for hydroxylation is 2. The van der Waals surface area contributed by atoms with Crippen molar-refractivity contribution in [3.05, 3.63) is 30.7 Å². The molecule has 8 heteroatoms. The third-order valence-corrected chi connectivity index (χ3v) is 6.97. The largest absolute Gasteiger partial charge is 0.339 e. The van der Waals surface area contributed by atoms with Crippen LogP contribution in [-0.4, -0.2) is 38.4 Å². The Balaban J connectivity index is 1.80. The highest BCUT2D eigenvalue weighted by molar-refractivity contribution is 7.89. The molecule has 1 atom stereocenters. The summed E-state index contributed by atoms with van der Waals surface area (Å²) in [6, 6.07) is -0.183. The lowest BCUT2D eigenvalue weighted by molar-refractivity contribution is 0.237. The number of rotatable bonds is 3. The zero-order valence-electron chi connectivity index (χ0n) is 13.9. The van der Waals surface area contributed by atoms with Crippen LogP contribution in [0, 0.1) is 5.92 Å². The molecular formula is C16H23N5O2S. The Kier molecular flexibility index (Phi) is 3.96. The Bertz CT molecular complexity index is 819. The van der Waals surface area contributed by atoms with Crippen molar-refractivity contribution in [1.82, 2.24) is 23.4 Å². The Labute approximate surface area is 142 Å². The number of nitrogens with zero attached hydrogens (tertiary/aromatic N) is 5. The van der Waals surface area contributed by atoms with E-state index in [2.05, 4.69) is 14.5 Å². The monoisotopic (exact) mass is 349 g/mol. The molecule has 0 spiro atoms. The third-order valence-electron chi connectivity index (χ3n) is 5.20. The third kappa shape index (κ3) is 2.57. The van der Waals surface area contributed by atoms with Crippen LogP contribution in [0.5, 0.6) is 0 Å². The molecule has 0 radical (unpaired) electrons. The van der Waals surface area contributed by atoms with Gasteiger partial charge in [0.15, 0.2) is 5.03 Å². The van der Waals surface area contributed by atoms with Crippen molar-refractivity contribution in [1.29, 1.82) is 0 Å².